The van der Waals surface area contributed by atoms with Gasteiger partial charge in [-0.1, -0.05) is 12.1 Å². The fraction of sp³-hybridized carbons (Fsp3) is 0.286. The van der Waals surface area contributed by atoms with Gasteiger partial charge in [-0.3, -0.25) is 9.19 Å². The second-order valence-corrected chi connectivity index (χ2v) is 10.4. The molecule has 10 nitrogen and oxygen atoms in total. The largest absolute Gasteiger partial charge is 0.497 e. The van der Waals surface area contributed by atoms with Gasteiger partial charge in [0.2, 0.25) is 5.16 Å². The first kappa shape index (κ1) is 30.5. The number of imidazole rings is 1. The van der Waals surface area contributed by atoms with Crippen molar-refractivity contribution in [2.24, 2.45) is 0 Å². The minimum Gasteiger partial charge on any atom is -0.497 e. The number of hydrogen-bond acceptors (Lipinski definition) is 8. The predicted octanol–water partition coefficient (Wildman–Crippen LogP) is 4.75. The van der Waals surface area contributed by atoms with Gasteiger partial charge >= 0.3 is 18.2 Å². The second-order valence-electron chi connectivity index (χ2n) is 9.06. The number of pyridine rings is 1. The van der Waals surface area contributed by atoms with Crippen LogP contribution in [0.25, 0.3) is 11.0 Å². The van der Waals surface area contributed by atoms with Gasteiger partial charge in [0, 0.05) is 18.8 Å². The maximum absolute atomic E-state index is 13.5. The Labute approximate surface area is 241 Å². The molecule has 0 bridgehead atoms. The third-order valence-electron chi connectivity index (χ3n) is 6.15. The molecule has 4 aromatic rings. The maximum atomic E-state index is 13.5. The minimum atomic E-state index is -4.52. The number of ether oxygens (including phenoxy) is 3. The Balaban J connectivity index is 1.50. The van der Waals surface area contributed by atoms with Crippen LogP contribution in [0.4, 0.5) is 18.0 Å². The van der Waals surface area contributed by atoms with Gasteiger partial charge in [0.05, 0.1) is 52.5 Å². The lowest BCUT2D eigenvalue weighted by Crippen LogP contribution is -2.35. The summed E-state index contributed by atoms with van der Waals surface area (Å²) in [5.41, 5.74) is 1.66. The zero-order valence-corrected chi connectivity index (χ0v) is 23.7. The number of benzene rings is 2. The first-order valence-corrected chi connectivity index (χ1v) is 13.9. The second kappa shape index (κ2) is 13.0. The monoisotopic (exact) mass is 604 g/mol. The van der Waals surface area contributed by atoms with Gasteiger partial charge in [0.15, 0.2) is 6.61 Å². The van der Waals surface area contributed by atoms with Crippen LogP contribution in [-0.2, 0) is 21.3 Å². The molecule has 0 aliphatic rings. The summed E-state index contributed by atoms with van der Waals surface area (Å²) in [6.07, 6.45) is -3.26. The molecule has 0 N–H and O–H groups in total. The zero-order chi connectivity index (χ0) is 30.4. The first-order chi connectivity index (χ1) is 20.0. The van der Waals surface area contributed by atoms with E-state index < -0.39 is 35.6 Å². The minimum absolute atomic E-state index is 0.0264. The van der Waals surface area contributed by atoms with Crippen LogP contribution in [0.1, 0.15) is 21.6 Å². The van der Waals surface area contributed by atoms with Crippen LogP contribution in [0.15, 0.2) is 66.0 Å². The number of halogens is 3. The molecule has 0 radical (unpaired) electrons. The van der Waals surface area contributed by atoms with Crippen LogP contribution in [-0.4, -0.2) is 75.7 Å². The van der Waals surface area contributed by atoms with E-state index >= 15 is 0 Å². The molecule has 0 aliphatic heterocycles. The van der Waals surface area contributed by atoms with Crippen LogP contribution < -0.4 is 9.47 Å². The summed E-state index contributed by atoms with van der Waals surface area (Å²) in [5.74, 6) is -0.249. The fourth-order valence-electron chi connectivity index (χ4n) is 3.90. The Morgan fingerprint density at radius 1 is 1.07 bits per heavy atom. The average Bonchev–Trinajstić information content (AvgIpc) is 3.36. The van der Waals surface area contributed by atoms with E-state index in [9.17, 15) is 27.0 Å². The van der Waals surface area contributed by atoms with Crippen molar-refractivity contribution in [3.63, 3.8) is 0 Å². The number of methoxy groups -OCH3 is 1. The van der Waals surface area contributed by atoms with Crippen molar-refractivity contribution in [2.75, 3.05) is 33.9 Å². The van der Waals surface area contributed by atoms with Gasteiger partial charge < -0.3 is 19.1 Å². The van der Waals surface area contributed by atoms with Crippen LogP contribution >= 0.6 is 0 Å². The molecular weight excluding hydrogens is 577 g/mol. The Morgan fingerprint density at radius 2 is 1.79 bits per heavy atom. The molecule has 42 heavy (non-hydrogen) atoms. The van der Waals surface area contributed by atoms with Gasteiger partial charge in [-0.2, -0.15) is 13.2 Å². The molecular formula is C28H27F3N4O6S. The van der Waals surface area contributed by atoms with Gasteiger partial charge in [0.25, 0.3) is 0 Å². The lowest BCUT2D eigenvalue weighted by Gasteiger charge is -2.19. The van der Waals surface area contributed by atoms with Crippen molar-refractivity contribution in [3.8, 4) is 11.5 Å². The smallest absolute Gasteiger partial charge is 0.422 e. The lowest BCUT2D eigenvalue weighted by molar-refractivity contribution is -0.153. The molecule has 0 unspecified atom stereocenters. The Morgan fingerprint density at radius 3 is 2.48 bits per heavy atom. The highest BCUT2D eigenvalue weighted by molar-refractivity contribution is 7.84. The number of carbonyl (C=O) groups excluding carboxylic acids is 2. The highest BCUT2D eigenvalue weighted by Crippen LogP contribution is 2.26. The number of fused-ring (bicyclic) bond motifs is 1. The van der Waals surface area contributed by atoms with Crippen LogP contribution in [0.2, 0.25) is 0 Å². The number of alkyl halides is 3. The normalized spacial score (nSPS) is 12.1. The molecule has 2 aromatic heterocycles. The topological polar surface area (TPSA) is 113 Å². The maximum Gasteiger partial charge on any atom is 0.422 e. The first-order valence-electron chi connectivity index (χ1n) is 12.5. The molecule has 1 amide bonds. The van der Waals surface area contributed by atoms with Crippen molar-refractivity contribution >= 4 is 33.8 Å². The summed E-state index contributed by atoms with van der Waals surface area (Å²) < 4.78 is 67.9. The third-order valence-corrected chi connectivity index (χ3v) is 7.37. The summed E-state index contributed by atoms with van der Waals surface area (Å²) in [5, 5.41) is -0.0638. The lowest BCUT2D eigenvalue weighted by atomic mass is 10.2. The quantitative estimate of drug-likeness (QED) is 0.238. The summed E-state index contributed by atoms with van der Waals surface area (Å²) in [6, 6.07) is 13.8. The predicted molar refractivity (Wildman–Crippen MR) is 147 cm³/mol. The van der Waals surface area contributed by atoms with E-state index in [-0.39, 0.29) is 35.5 Å². The number of para-hydroxylation sites is 2. The molecule has 0 saturated carbocycles. The van der Waals surface area contributed by atoms with E-state index in [2.05, 4.69) is 9.97 Å². The Bertz CT molecular complexity index is 1610. The molecule has 222 valence electrons. The Kier molecular flexibility index (Phi) is 9.45. The Hall–Kier alpha value is -4.46. The van der Waals surface area contributed by atoms with E-state index in [1.165, 1.54) is 42.8 Å². The molecule has 4 rings (SSSR count). The summed E-state index contributed by atoms with van der Waals surface area (Å²) in [6.45, 7) is -0.0443. The standard InChI is InChI=1S/C28H27F3N4O6S/c1-18-22(32-13-12-24(18)41-17-28(29,30)31)16-42(38)26-33-21-6-4-5-7-23(21)35(26)27(37)34(2)14-15-40-25(36)19-8-10-20(39-3)11-9-19/h4-13H,14-17H2,1-3H3/t42-/m1/s1. The number of likely N-dealkylation sites (N-methyl/N-ethyl adjacent to an activating group) is 1. The SMILES string of the molecule is COc1ccc(C(=O)OCCN(C)C(=O)n2c([S@](=O)Cc3nccc(OCC(F)(F)F)c3C)nc3ccccc32)cc1. The van der Waals surface area contributed by atoms with Crippen molar-refractivity contribution in [3.05, 3.63) is 77.6 Å². The number of aromatic nitrogens is 3. The molecule has 0 saturated heterocycles. The molecule has 1 atom stereocenters. The number of esters is 1. The highest BCUT2D eigenvalue weighted by atomic mass is 32.2. The number of nitrogens with zero attached hydrogens (tertiary/aromatic N) is 4. The van der Waals surface area contributed by atoms with Crippen LogP contribution in [0.5, 0.6) is 11.5 Å². The summed E-state index contributed by atoms with van der Waals surface area (Å²) in [7, 11) is 1.08. The van der Waals surface area contributed by atoms with Crippen LogP contribution in [0, 0.1) is 6.92 Å². The third kappa shape index (κ3) is 7.24. The molecule has 14 heteroatoms. The van der Waals surface area contributed by atoms with E-state index in [4.69, 9.17) is 14.2 Å². The molecule has 2 aromatic carbocycles. The van der Waals surface area contributed by atoms with Crippen molar-refractivity contribution in [2.45, 2.75) is 24.0 Å². The van der Waals surface area contributed by atoms with Crippen LogP contribution in [0.3, 0.4) is 0 Å². The van der Waals surface area contributed by atoms with Gasteiger partial charge in [-0.05, 0) is 49.4 Å². The summed E-state index contributed by atoms with van der Waals surface area (Å²) in [4.78, 5) is 35.8. The number of carbonyl (C=O) groups is 2. The molecule has 0 fully saturated rings. The fourth-order valence-corrected chi connectivity index (χ4v) is 5.15. The van der Waals surface area contributed by atoms with Crippen molar-refractivity contribution in [1.82, 2.24) is 19.4 Å². The van der Waals surface area contributed by atoms with E-state index in [0.29, 0.717) is 27.9 Å². The zero-order valence-electron chi connectivity index (χ0n) is 22.9. The number of rotatable bonds is 10. The van der Waals surface area contributed by atoms with Gasteiger partial charge in [-0.25, -0.2) is 19.1 Å². The highest BCUT2D eigenvalue weighted by Gasteiger charge is 2.29. The van der Waals surface area contributed by atoms with Gasteiger partial charge in [-0.15, -0.1) is 0 Å². The van der Waals surface area contributed by atoms with Crippen molar-refractivity contribution < 1.29 is 41.2 Å². The van der Waals surface area contributed by atoms with E-state index in [1.807, 2.05) is 0 Å². The van der Waals surface area contributed by atoms with E-state index in [0.717, 1.165) is 0 Å². The number of hydrogen-bond donors (Lipinski definition) is 0. The van der Waals surface area contributed by atoms with Crippen molar-refractivity contribution in [1.29, 1.82) is 0 Å². The molecule has 2 heterocycles. The van der Waals surface area contributed by atoms with Gasteiger partial charge in [0.1, 0.15) is 18.1 Å². The summed E-state index contributed by atoms with van der Waals surface area (Å²) >= 11 is 0. The average molecular weight is 605 g/mol. The van der Waals surface area contributed by atoms with E-state index in [1.54, 1.807) is 48.5 Å². The molecule has 0 aliphatic carbocycles. The molecule has 0 spiro atoms. The number of amides is 1.